The second kappa shape index (κ2) is 7.91. The van der Waals surface area contributed by atoms with Crippen LogP contribution in [0.2, 0.25) is 0 Å². The molecule has 0 radical (unpaired) electrons. The highest BCUT2D eigenvalue weighted by molar-refractivity contribution is 7.91. The van der Waals surface area contributed by atoms with Gasteiger partial charge in [-0.1, -0.05) is 48.5 Å². The van der Waals surface area contributed by atoms with Gasteiger partial charge >= 0.3 is 0 Å². The first-order valence-electron chi connectivity index (χ1n) is 8.77. The molecule has 1 saturated heterocycles. The van der Waals surface area contributed by atoms with Gasteiger partial charge in [-0.2, -0.15) is 0 Å². The lowest BCUT2D eigenvalue weighted by Crippen LogP contribution is -2.43. The van der Waals surface area contributed by atoms with Crippen LogP contribution in [0.15, 0.2) is 54.6 Å². The van der Waals surface area contributed by atoms with Crippen LogP contribution in [0.4, 0.5) is 0 Å². The zero-order valence-electron chi connectivity index (χ0n) is 14.8. The highest BCUT2D eigenvalue weighted by atomic mass is 32.2. The Kier molecular flexibility index (Phi) is 5.61. The molecule has 2 aromatic rings. The third kappa shape index (κ3) is 4.25. The summed E-state index contributed by atoms with van der Waals surface area (Å²) < 4.78 is 29.2. The average molecular weight is 373 g/mol. The number of para-hydroxylation sites is 1. The van der Waals surface area contributed by atoms with E-state index in [2.05, 4.69) is 0 Å². The Hall–Kier alpha value is -2.34. The van der Waals surface area contributed by atoms with E-state index in [1.807, 2.05) is 61.5 Å². The van der Waals surface area contributed by atoms with E-state index in [1.54, 1.807) is 4.90 Å². The first-order valence-corrected chi connectivity index (χ1v) is 10.6. The van der Waals surface area contributed by atoms with Crippen molar-refractivity contribution in [2.24, 2.45) is 0 Å². The van der Waals surface area contributed by atoms with Crippen molar-refractivity contribution in [3.8, 4) is 16.9 Å². The highest BCUT2D eigenvalue weighted by Crippen LogP contribution is 2.29. The molecule has 1 heterocycles. The van der Waals surface area contributed by atoms with Gasteiger partial charge in [0.25, 0.3) is 5.91 Å². The number of ether oxygens (including phenoxy) is 1. The topological polar surface area (TPSA) is 63.7 Å². The summed E-state index contributed by atoms with van der Waals surface area (Å²) in [6.45, 7) is 2.23. The van der Waals surface area contributed by atoms with E-state index in [1.165, 1.54) is 0 Å². The SMILES string of the molecule is CCN(C(=O)COc1ccccc1-c1ccccc1)C1CCS(=O)(=O)C1. The number of benzene rings is 2. The van der Waals surface area contributed by atoms with E-state index in [4.69, 9.17) is 4.74 Å². The Morgan fingerprint density at radius 3 is 2.46 bits per heavy atom. The number of hydrogen-bond acceptors (Lipinski definition) is 4. The molecule has 138 valence electrons. The lowest BCUT2D eigenvalue weighted by Gasteiger charge is -2.27. The van der Waals surface area contributed by atoms with Gasteiger partial charge in [-0.15, -0.1) is 0 Å². The monoisotopic (exact) mass is 373 g/mol. The van der Waals surface area contributed by atoms with Crippen LogP contribution in [0.25, 0.3) is 11.1 Å². The maximum atomic E-state index is 12.6. The molecule has 3 rings (SSSR count). The van der Waals surface area contributed by atoms with Crippen LogP contribution in [0.5, 0.6) is 5.75 Å². The minimum absolute atomic E-state index is 0.0488. The maximum Gasteiger partial charge on any atom is 0.260 e. The Balaban J connectivity index is 1.70. The van der Waals surface area contributed by atoms with Crippen LogP contribution < -0.4 is 4.74 Å². The predicted octanol–water partition coefficient (Wildman–Crippen LogP) is 2.77. The number of sulfone groups is 1. The van der Waals surface area contributed by atoms with Crippen molar-refractivity contribution < 1.29 is 17.9 Å². The summed E-state index contributed by atoms with van der Waals surface area (Å²) in [5, 5.41) is 0. The number of carbonyl (C=O) groups excluding carboxylic acids is 1. The third-order valence-corrected chi connectivity index (χ3v) is 6.38. The van der Waals surface area contributed by atoms with Gasteiger partial charge in [0.15, 0.2) is 16.4 Å². The molecule has 0 saturated carbocycles. The van der Waals surface area contributed by atoms with Gasteiger partial charge in [-0.05, 0) is 25.0 Å². The molecule has 6 heteroatoms. The summed E-state index contributed by atoms with van der Waals surface area (Å²) in [7, 11) is -3.03. The van der Waals surface area contributed by atoms with Crippen LogP contribution in [-0.2, 0) is 14.6 Å². The van der Waals surface area contributed by atoms with Gasteiger partial charge in [0.05, 0.1) is 11.5 Å². The van der Waals surface area contributed by atoms with Gasteiger partial charge in [0.1, 0.15) is 5.75 Å². The molecular formula is C20H23NO4S. The van der Waals surface area contributed by atoms with E-state index in [9.17, 15) is 13.2 Å². The second-order valence-corrected chi connectivity index (χ2v) is 8.62. The van der Waals surface area contributed by atoms with E-state index in [-0.39, 0.29) is 30.1 Å². The summed E-state index contributed by atoms with van der Waals surface area (Å²) in [5.41, 5.74) is 1.94. The fraction of sp³-hybridized carbons (Fsp3) is 0.350. The number of nitrogens with zero attached hydrogens (tertiary/aromatic N) is 1. The molecule has 5 nitrogen and oxygen atoms in total. The van der Waals surface area contributed by atoms with Gasteiger partial charge in [-0.3, -0.25) is 4.79 Å². The van der Waals surface area contributed by atoms with Crippen molar-refractivity contribution in [1.82, 2.24) is 4.90 Å². The number of amides is 1. The number of rotatable bonds is 6. The van der Waals surface area contributed by atoms with Gasteiger partial charge in [0, 0.05) is 18.2 Å². The van der Waals surface area contributed by atoms with E-state index in [0.717, 1.165) is 11.1 Å². The lowest BCUT2D eigenvalue weighted by molar-refractivity contribution is -0.135. The smallest absolute Gasteiger partial charge is 0.260 e. The fourth-order valence-electron chi connectivity index (χ4n) is 3.33. The highest BCUT2D eigenvalue weighted by Gasteiger charge is 2.34. The van der Waals surface area contributed by atoms with E-state index >= 15 is 0 Å². The third-order valence-electron chi connectivity index (χ3n) is 4.63. The predicted molar refractivity (Wildman–Crippen MR) is 102 cm³/mol. The molecule has 1 aliphatic rings. The minimum Gasteiger partial charge on any atom is -0.483 e. The van der Waals surface area contributed by atoms with Crippen LogP contribution in [-0.4, -0.2) is 49.9 Å². The van der Waals surface area contributed by atoms with Crippen LogP contribution in [0, 0.1) is 0 Å². The molecule has 1 unspecified atom stereocenters. The largest absolute Gasteiger partial charge is 0.483 e. The van der Waals surface area contributed by atoms with Crippen molar-refractivity contribution in [1.29, 1.82) is 0 Å². The van der Waals surface area contributed by atoms with Crippen molar-refractivity contribution in [3.05, 3.63) is 54.6 Å². The molecule has 0 spiro atoms. The van der Waals surface area contributed by atoms with E-state index in [0.29, 0.717) is 18.7 Å². The molecule has 2 aromatic carbocycles. The Bertz CT molecular complexity index is 864. The summed E-state index contributed by atoms with van der Waals surface area (Å²) in [6.07, 6.45) is 0.502. The van der Waals surface area contributed by atoms with Crippen molar-refractivity contribution in [2.45, 2.75) is 19.4 Å². The van der Waals surface area contributed by atoms with Gasteiger partial charge < -0.3 is 9.64 Å². The number of carbonyl (C=O) groups is 1. The molecule has 26 heavy (non-hydrogen) atoms. The molecule has 1 aliphatic heterocycles. The first-order chi connectivity index (χ1) is 12.5. The summed E-state index contributed by atoms with van der Waals surface area (Å²) in [6, 6.07) is 17.2. The lowest BCUT2D eigenvalue weighted by atomic mass is 10.1. The fourth-order valence-corrected chi connectivity index (χ4v) is 5.06. The quantitative estimate of drug-likeness (QED) is 0.781. The molecule has 0 bridgehead atoms. The van der Waals surface area contributed by atoms with Crippen LogP contribution in [0.1, 0.15) is 13.3 Å². The molecular weight excluding hydrogens is 350 g/mol. The summed E-state index contributed by atoms with van der Waals surface area (Å²) >= 11 is 0. The number of likely N-dealkylation sites (N-methyl/N-ethyl adjacent to an activating group) is 1. The molecule has 1 fully saturated rings. The standard InChI is InChI=1S/C20H23NO4S/c1-2-21(17-12-13-26(23,24)15-17)20(22)14-25-19-11-7-6-10-18(19)16-8-4-3-5-9-16/h3-11,17H,2,12-15H2,1H3. The number of hydrogen-bond donors (Lipinski definition) is 0. The first kappa shape index (κ1) is 18.5. The zero-order chi connectivity index (χ0) is 18.6. The van der Waals surface area contributed by atoms with Crippen molar-refractivity contribution >= 4 is 15.7 Å². The normalized spacial score (nSPS) is 18.4. The second-order valence-electron chi connectivity index (χ2n) is 6.39. The molecule has 0 aromatic heterocycles. The molecule has 0 N–H and O–H groups in total. The Morgan fingerprint density at radius 2 is 1.81 bits per heavy atom. The van der Waals surface area contributed by atoms with Crippen LogP contribution >= 0.6 is 0 Å². The molecule has 1 amide bonds. The maximum absolute atomic E-state index is 12.6. The zero-order valence-corrected chi connectivity index (χ0v) is 15.6. The van der Waals surface area contributed by atoms with Gasteiger partial charge in [-0.25, -0.2) is 8.42 Å². The Morgan fingerprint density at radius 1 is 1.12 bits per heavy atom. The van der Waals surface area contributed by atoms with E-state index < -0.39 is 9.84 Å². The molecule has 0 aliphatic carbocycles. The summed E-state index contributed by atoms with van der Waals surface area (Å²) in [5.74, 6) is 0.659. The molecule has 1 atom stereocenters. The van der Waals surface area contributed by atoms with Crippen molar-refractivity contribution in [2.75, 3.05) is 24.7 Å². The summed E-state index contributed by atoms with van der Waals surface area (Å²) in [4.78, 5) is 14.2. The minimum atomic E-state index is -3.03. The Labute approximate surface area is 154 Å². The van der Waals surface area contributed by atoms with Crippen molar-refractivity contribution in [3.63, 3.8) is 0 Å². The average Bonchev–Trinajstić information content (AvgIpc) is 3.01. The van der Waals surface area contributed by atoms with Gasteiger partial charge in [0.2, 0.25) is 0 Å². The van der Waals surface area contributed by atoms with Crippen LogP contribution in [0.3, 0.4) is 0 Å².